The van der Waals surface area contributed by atoms with Gasteiger partial charge in [-0.3, -0.25) is 4.79 Å². The number of rotatable bonds is 4. The molecule has 0 bridgehead atoms. The summed E-state index contributed by atoms with van der Waals surface area (Å²) in [5.41, 5.74) is 3.57. The van der Waals surface area contributed by atoms with Crippen molar-refractivity contribution in [3.8, 4) is 0 Å². The highest BCUT2D eigenvalue weighted by molar-refractivity contribution is 7.99. The summed E-state index contributed by atoms with van der Waals surface area (Å²) in [5.74, 6) is -0.0598. The summed E-state index contributed by atoms with van der Waals surface area (Å²) >= 11 is 7.95. The lowest BCUT2D eigenvalue weighted by Gasteiger charge is -2.12. The predicted molar refractivity (Wildman–Crippen MR) is 95.3 cm³/mol. The van der Waals surface area contributed by atoms with Gasteiger partial charge in [0.15, 0.2) is 5.16 Å². The van der Waals surface area contributed by atoms with E-state index in [0.717, 1.165) is 26.6 Å². The number of para-hydroxylation sites is 2. The van der Waals surface area contributed by atoms with Gasteiger partial charge >= 0.3 is 0 Å². The minimum absolute atomic E-state index is 0.0598. The highest BCUT2D eigenvalue weighted by Gasteiger charge is 2.14. The van der Waals surface area contributed by atoms with Crippen LogP contribution in [0.25, 0.3) is 11.0 Å². The first-order chi connectivity index (χ1) is 11.1. The molecule has 6 heteroatoms. The number of hydrogen-bond acceptors (Lipinski definition) is 3. The van der Waals surface area contributed by atoms with Crippen LogP contribution in [0.2, 0.25) is 5.02 Å². The van der Waals surface area contributed by atoms with Crippen LogP contribution < -0.4 is 5.32 Å². The van der Waals surface area contributed by atoms with Crippen LogP contribution in [0, 0.1) is 6.92 Å². The van der Waals surface area contributed by atoms with Crippen molar-refractivity contribution < 1.29 is 4.79 Å². The van der Waals surface area contributed by atoms with Gasteiger partial charge in [0.1, 0.15) is 0 Å². The number of hydrogen-bond donors (Lipinski definition) is 2. The second-order valence-corrected chi connectivity index (χ2v) is 6.51. The smallest absolute Gasteiger partial charge is 0.224 e. The Balaban J connectivity index is 1.95. The van der Waals surface area contributed by atoms with Gasteiger partial charge in [0.2, 0.25) is 5.91 Å². The molecule has 2 aromatic carbocycles. The van der Waals surface area contributed by atoms with Crippen molar-refractivity contribution in [1.29, 1.82) is 0 Å². The number of nitrogens with zero attached hydrogens (tertiary/aromatic N) is 1. The van der Waals surface area contributed by atoms with Gasteiger partial charge in [0.05, 0.1) is 21.7 Å². The van der Waals surface area contributed by atoms with Gasteiger partial charge in [-0.2, -0.15) is 0 Å². The molecule has 0 aliphatic carbocycles. The molecule has 0 aliphatic rings. The number of benzene rings is 2. The van der Waals surface area contributed by atoms with E-state index in [2.05, 4.69) is 15.3 Å². The fourth-order valence-electron chi connectivity index (χ4n) is 2.19. The van der Waals surface area contributed by atoms with Gasteiger partial charge < -0.3 is 10.3 Å². The van der Waals surface area contributed by atoms with Crippen molar-refractivity contribution in [2.45, 2.75) is 30.3 Å². The Labute approximate surface area is 143 Å². The molecular formula is C17H16ClN3OS. The molecule has 118 valence electrons. The zero-order valence-corrected chi connectivity index (χ0v) is 14.4. The summed E-state index contributed by atoms with van der Waals surface area (Å²) in [5, 5.41) is 4.14. The van der Waals surface area contributed by atoms with Crippen LogP contribution in [0.4, 0.5) is 5.69 Å². The molecule has 0 unspecified atom stereocenters. The monoisotopic (exact) mass is 345 g/mol. The van der Waals surface area contributed by atoms with Crippen molar-refractivity contribution >= 4 is 46.0 Å². The number of fused-ring (bicyclic) bond motifs is 1. The molecule has 1 heterocycles. The predicted octanol–water partition coefficient (Wildman–Crippen LogP) is 5.02. The van der Waals surface area contributed by atoms with Crippen LogP contribution in [0.1, 0.15) is 18.9 Å². The Hall–Kier alpha value is -1.98. The van der Waals surface area contributed by atoms with E-state index in [1.165, 1.54) is 11.8 Å². The number of aromatic amines is 1. The van der Waals surface area contributed by atoms with Gasteiger partial charge in [0.25, 0.3) is 0 Å². The molecular weight excluding hydrogens is 330 g/mol. The van der Waals surface area contributed by atoms with Crippen molar-refractivity contribution in [2.75, 3.05) is 5.32 Å². The third kappa shape index (κ3) is 3.35. The number of carbonyl (C=O) groups is 1. The zero-order chi connectivity index (χ0) is 16.4. The topological polar surface area (TPSA) is 57.8 Å². The number of imidazole rings is 1. The number of H-pyrrole nitrogens is 1. The van der Waals surface area contributed by atoms with Gasteiger partial charge in [-0.1, -0.05) is 36.7 Å². The highest BCUT2D eigenvalue weighted by Crippen LogP contribution is 2.39. The summed E-state index contributed by atoms with van der Waals surface area (Å²) in [4.78, 5) is 20.3. The Morgan fingerprint density at radius 2 is 2.09 bits per heavy atom. The summed E-state index contributed by atoms with van der Waals surface area (Å²) in [6.45, 7) is 3.80. The lowest BCUT2D eigenvalue weighted by Crippen LogP contribution is -2.10. The maximum Gasteiger partial charge on any atom is 0.224 e. The minimum Gasteiger partial charge on any atom is -0.333 e. The summed E-state index contributed by atoms with van der Waals surface area (Å²) < 4.78 is 0. The molecule has 23 heavy (non-hydrogen) atoms. The van der Waals surface area contributed by atoms with E-state index in [4.69, 9.17) is 11.6 Å². The average Bonchev–Trinajstić information content (AvgIpc) is 2.96. The van der Waals surface area contributed by atoms with Gasteiger partial charge in [-0.25, -0.2) is 4.98 Å². The Morgan fingerprint density at radius 3 is 2.83 bits per heavy atom. The molecule has 2 N–H and O–H groups in total. The second-order valence-electron chi connectivity index (χ2n) is 5.14. The van der Waals surface area contributed by atoms with Gasteiger partial charge in [0, 0.05) is 11.3 Å². The maximum atomic E-state index is 11.6. The van der Waals surface area contributed by atoms with Crippen molar-refractivity contribution in [2.24, 2.45) is 0 Å². The lowest BCUT2D eigenvalue weighted by atomic mass is 10.2. The van der Waals surface area contributed by atoms with E-state index in [1.54, 1.807) is 0 Å². The Morgan fingerprint density at radius 1 is 1.30 bits per heavy atom. The second kappa shape index (κ2) is 6.64. The number of aryl methyl sites for hydroxylation is 1. The van der Waals surface area contributed by atoms with Crippen LogP contribution in [0.3, 0.4) is 0 Å². The SMILES string of the molecule is CCC(=O)Nc1ccc(C)c(Sc2nc3ccccc3[nH]2)c1Cl. The van der Waals surface area contributed by atoms with Gasteiger partial charge in [-0.05, 0) is 42.4 Å². The number of anilines is 1. The summed E-state index contributed by atoms with van der Waals surface area (Å²) in [6.07, 6.45) is 0.413. The molecule has 0 fully saturated rings. The van der Waals surface area contributed by atoms with E-state index in [0.29, 0.717) is 17.1 Å². The third-order valence-electron chi connectivity index (χ3n) is 3.46. The Kier molecular flexibility index (Phi) is 4.59. The van der Waals surface area contributed by atoms with E-state index < -0.39 is 0 Å². The maximum absolute atomic E-state index is 11.6. The van der Waals surface area contributed by atoms with Crippen LogP contribution in [0.15, 0.2) is 46.5 Å². The number of carbonyl (C=O) groups excluding carboxylic acids is 1. The normalized spacial score (nSPS) is 10.9. The number of aromatic nitrogens is 2. The van der Waals surface area contributed by atoms with Crippen LogP contribution in [0.5, 0.6) is 0 Å². The van der Waals surface area contributed by atoms with E-state index in [1.807, 2.05) is 50.2 Å². The molecule has 1 aromatic heterocycles. The van der Waals surface area contributed by atoms with Crippen molar-refractivity contribution in [3.63, 3.8) is 0 Å². The molecule has 0 radical (unpaired) electrons. The molecule has 1 amide bonds. The number of amides is 1. The fraction of sp³-hybridized carbons (Fsp3) is 0.176. The molecule has 0 spiro atoms. The summed E-state index contributed by atoms with van der Waals surface area (Å²) in [6, 6.07) is 11.6. The first-order valence-electron chi connectivity index (χ1n) is 7.30. The van der Waals surface area contributed by atoms with E-state index in [-0.39, 0.29) is 5.91 Å². The van der Waals surface area contributed by atoms with Crippen LogP contribution >= 0.6 is 23.4 Å². The zero-order valence-electron chi connectivity index (χ0n) is 12.8. The van der Waals surface area contributed by atoms with E-state index in [9.17, 15) is 4.79 Å². The molecule has 0 atom stereocenters. The average molecular weight is 346 g/mol. The van der Waals surface area contributed by atoms with Gasteiger partial charge in [-0.15, -0.1) is 0 Å². The number of halogens is 1. The van der Waals surface area contributed by atoms with Crippen molar-refractivity contribution in [1.82, 2.24) is 9.97 Å². The van der Waals surface area contributed by atoms with Crippen LogP contribution in [-0.4, -0.2) is 15.9 Å². The fourth-order valence-corrected chi connectivity index (χ4v) is 3.49. The Bertz CT molecular complexity index is 842. The first kappa shape index (κ1) is 15.9. The lowest BCUT2D eigenvalue weighted by molar-refractivity contribution is -0.115. The molecule has 4 nitrogen and oxygen atoms in total. The molecule has 0 saturated carbocycles. The number of nitrogens with one attached hydrogen (secondary N) is 2. The summed E-state index contributed by atoms with van der Waals surface area (Å²) in [7, 11) is 0. The minimum atomic E-state index is -0.0598. The highest BCUT2D eigenvalue weighted by atomic mass is 35.5. The third-order valence-corrected chi connectivity index (χ3v) is 5.08. The van der Waals surface area contributed by atoms with E-state index >= 15 is 0 Å². The van der Waals surface area contributed by atoms with Crippen molar-refractivity contribution in [3.05, 3.63) is 47.0 Å². The molecule has 0 aliphatic heterocycles. The largest absolute Gasteiger partial charge is 0.333 e. The molecule has 3 rings (SSSR count). The van der Waals surface area contributed by atoms with Crippen LogP contribution in [-0.2, 0) is 4.79 Å². The molecule has 3 aromatic rings. The first-order valence-corrected chi connectivity index (χ1v) is 8.49. The standard InChI is InChI=1S/C17H16ClN3OS/c1-3-14(22)19-13-9-8-10(2)16(15(13)18)23-17-20-11-6-4-5-7-12(11)21-17/h4-9H,3H2,1-2H3,(H,19,22)(H,20,21). The quantitative estimate of drug-likeness (QED) is 0.697. The molecule has 0 saturated heterocycles.